The fourth-order valence-corrected chi connectivity index (χ4v) is 3.35. The second kappa shape index (κ2) is 11.8. The first-order chi connectivity index (χ1) is 16.8. The number of carbonyl (C=O) groups excluding carboxylic acids is 3. The van der Waals surface area contributed by atoms with Crippen LogP contribution >= 0.6 is 11.6 Å². The minimum atomic E-state index is -1.26. The van der Waals surface area contributed by atoms with Crippen molar-refractivity contribution < 1.29 is 33.3 Å². The maximum atomic E-state index is 13.1. The molecule has 1 atom stereocenters. The van der Waals surface area contributed by atoms with E-state index in [1.165, 1.54) is 38.5 Å². The number of nitrogens with two attached hydrogens (primary N) is 1. The van der Waals surface area contributed by atoms with E-state index in [0.717, 1.165) is 0 Å². The summed E-state index contributed by atoms with van der Waals surface area (Å²) in [6.45, 7) is -0.355. The second-order valence-electron chi connectivity index (χ2n) is 7.16. The van der Waals surface area contributed by atoms with E-state index in [2.05, 4.69) is 5.32 Å². The number of hydrogen-bond acceptors (Lipinski definition) is 7. The average molecular weight is 499 g/mol. The van der Waals surface area contributed by atoms with Gasteiger partial charge in [-0.25, -0.2) is 4.79 Å². The fraction of sp³-hybridized carbons (Fsp3) is 0.160. The molecule has 0 bridgehead atoms. The largest absolute Gasteiger partial charge is 0.495 e. The van der Waals surface area contributed by atoms with Gasteiger partial charge in [-0.15, -0.1) is 0 Å². The Kier molecular flexibility index (Phi) is 8.53. The third kappa shape index (κ3) is 6.64. The molecule has 182 valence electrons. The number of primary amides is 1. The van der Waals surface area contributed by atoms with Gasteiger partial charge in [-0.1, -0.05) is 41.9 Å². The number of benzene rings is 3. The van der Waals surface area contributed by atoms with E-state index in [-0.39, 0.29) is 23.7 Å². The summed E-state index contributed by atoms with van der Waals surface area (Å²) >= 11 is 6.15. The molecule has 9 nitrogen and oxygen atoms in total. The lowest BCUT2D eigenvalue weighted by molar-refractivity contribution is -0.125. The number of esters is 1. The van der Waals surface area contributed by atoms with Gasteiger partial charge in [0.15, 0.2) is 18.1 Å². The van der Waals surface area contributed by atoms with Crippen LogP contribution in [0, 0.1) is 0 Å². The zero-order valence-corrected chi connectivity index (χ0v) is 19.7. The van der Waals surface area contributed by atoms with Gasteiger partial charge in [0, 0.05) is 11.3 Å². The van der Waals surface area contributed by atoms with E-state index in [4.69, 9.17) is 36.3 Å². The van der Waals surface area contributed by atoms with Crippen molar-refractivity contribution in [1.29, 1.82) is 0 Å². The fourth-order valence-electron chi connectivity index (χ4n) is 3.09. The molecular weight excluding hydrogens is 476 g/mol. The van der Waals surface area contributed by atoms with Crippen molar-refractivity contribution in [2.75, 3.05) is 26.1 Å². The van der Waals surface area contributed by atoms with E-state index in [1.807, 2.05) is 0 Å². The Morgan fingerprint density at radius 1 is 0.914 bits per heavy atom. The average Bonchev–Trinajstić information content (AvgIpc) is 2.86. The molecule has 0 radical (unpaired) electrons. The summed E-state index contributed by atoms with van der Waals surface area (Å²) in [5.74, 6) is -1.16. The SMILES string of the molecule is COc1ccc(NC(=O)C(OC(=O)c2ccc(OCC(N)=O)c(OC)c2)c2ccccc2)cc1Cl. The van der Waals surface area contributed by atoms with Crippen molar-refractivity contribution in [3.63, 3.8) is 0 Å². The number of carbonyl (C=O) groups is 3. The van der Waals surface area contributed by atoms with Crippen molar-refractivity contribution in [3.8, 4) is 17.2 Å². The lowest BCUT2D eigenvalue weighted by Gasteiger charge is -2.19. The molecule has 0 spiro atoms. The highest BCUT2D eigenvalue weighted by Gasteiger charge is 2.26. The van der Waals surface area contributed by atoms with Crippen molar-refractivity contribution in [2.45, 2.75) is 6.10 Å². The van der Waals surface area contributed by atoms with E-state index in [1.54, 1.807) is 42.5 Å². The van der Waals surface area contributed by atoms with E-state index < -0.39 is 23.9 Å². The molecule has 3 N–H and O–H groups in total. The van der Waals surface area contributed by atoms with Gasteiger partial charge in [-0.05, 0) is 36.4 Å². The Morgan fingerprint density at radius 3 is 2.23 bits per heavy atom. The summed E-state index contributed by atoms with van der Waals surface area (Å²) in [4.78, 5) is 37.1. The third-order valence-corrected chi connectivity index (χ3v) is 5.05. The van der Waals surface area contributed by atoms with Crippen LogP contribution in [-0.2, 0) is 14.3 Å². The van der Waals surface area contributed by atoms with E-state index >= 15 is 0 Å². The highest BCUT2D eigenvalue weighted by molar-refractivity contribution is 6.32. The van der Waals surface area contributed by atoms with Crippen molar-refractivity contribution >= 4 is 35.1 Å². The van der Waals surface area contributed by atoms with Crippen LogP contribution in [0.2, 0.25) is 5.02 Å². The molecule has 0 heterocycles. The molecule has 0 aliphatic carbocycles. The molecule has 2 amide bonds. The first-order valence-electron chi connectivity index (χ1n) is 10.3. The number of rotatable bonds is 10. The molecule has 0 fully saturated rings. The monoisotopic (exact) mass is 498 g/mol. The molecule has 3 aromatic rings. The van der Waals surface area contributed by atoms with Crippen molar-refractivity contribution in [3.05, 3.63) is 82.9 Å². The summed E-state index contributed by atoms with van der Waals surface area (Å²) in [5.41, 5.74) is 6.06. The maximum Gasteiger partial charge on any atom is 0.339 e. The van der Waals surface area contributed by atoms with Gasteiger partial charge in [0.1, 0.15) is 5.75 Å². The Hall–Kier alpha value is -4.24. The van der Waals surface area contributed by atoms with Gasteiger partial charge in [0.2, 0.25) is 6.10 Å². The van der Waals surface area contributed by atoms with Crippen LogP contribution in [0.25, 0.3) is 0 Å². The molecule has 0 aromatic heterocycles. The van der Waals surface area contributed by atoms with Crippen LogP contribution in [0.5, 0.6) is 17.2 Å². The highest BCUT2D eigenvalue weighted by atomic mass is 35.5. The van der Waals surface area contributed by atoms with Crippen molar-refractivity contribution in [1.82, 2.24) is 0 Å². The molecule has 10 heteroatoms. The molecule has 3 aromatic carbocycles. The number of ether oxygens (including phenoxy) is 4. The zero-order chi connectivity index (χ0) is 25.4. The molecule has 35 heavy (non-hydrogen) atoms. The Balaban J connectivity index is 1.83. The number of amides is 2. The predicted molar refractivity (Wildman–Crippen MR) is 129 cm³/mol. The van der Waals surface area contributed by atoms with Gasteiger partial charge >= 0.3 is 5.97 Å². The molecule has 0 aliphatic heterocycles. The van der Waals surface area contributed by atoms with E-state index in [9.17, 15) is 14.4 Å². The number of methoxy groups -OCH3 is 2. The van der Waals surface area contributed by atoms with Crippen LogP contribution in [0.1, 0.15) is 22.0 Å². The van der Waals surface area contributed by atoms with Crippen LogP contribution in [0.3, 0.4) is 0 Å². The molecule has 1 unspecified atom stereocenters. The van der Waals surface area contributed by atoms with E-state index in [0.29, 0.717) is 22.0 Å². The standard InChI is InChI=1S/C25H23ClN2O7/c1-32-19-11-9-17(13-18(19)26)28-24(30)23(15-6-4-3-5-7-15)35-25(31)16-8-10-20(21(12-16)33-2)34-14-22(27)29/h3-13,23H,14H2,1-2H3,(H2,27,29)(H,28,30). The van der Waals surface area contributed by atoms with Gasteiger partial charge in [0.05, 0.1) is 24.8 Å². The van der Waals surface area contributed by atoms with Gasteiger partial charge in [0.25, 0.3) is 11.8 Å². The van der Waals surface area contributed by atoms with Crippen LogP contribution < -0.4 is 25.3 Å². The maximum absolute atomic E-state index is 13.1. The minimum absolute atomic E-state index is 0.106. The molecule has 3 rings (SSSR count). The third-order valence-electron chi connectivity index (χ3n) is 4.75. The quantitative estimate of drug-likeness (QED) is 0.407. The molecule has 0 saturated carbocycles. The zero-order valence-electron chi connectivity index (χ0n) is 18.9. The first kappa shape index (κ1) is 25.4. The lowest BCUT2D eigenvalue weighted by atomic mass is 10.1. The van der Waals surface area contributed by atoms with Gasteiger partial charge in [-0.2, -0.15) is 0 Å². The highest BCUT2D eigenvalue weighted by Crippen LogP contribution is 2.31. The lowest BCUT2D eigenvalue weighted by Crippen LogP contribution is -2.26. The van der Waals surface area contributed by atoms with Gasteiger partial charge < -0.3 is 30.0 Å². The number of halogens is 1. The topological polar surface area (TPSA) is 126 Å². The van der Waals surface area contributed by atoms with Crippen LogP contribution in [0.4, 0.5) is 5.69 Å². The summed E-state index contributed by atoms with van der Waals surface area (Å²) in [7, 11) is 2.86. The summed E-state index contributed by atoms with van der Waals surface area (Å²) in [6, 6.07) is 17.5. The van der Waals surface area contributed by atoms with Gasteiger partial charge in [-0.3, -0.25) is 9.59 Å². The smallest absolute Gasteiger partial charge is 0.339 e. The molecule has 0 saturated heterocycles. The number of nitrogens with one attached hydrogen (secondary N) is 1. The molecular formula is C25H23ClN2O7. The summed E-state index contributed by atoms with van der Waals surface area (Å²) in [6.07, 6.45) is -1.26. The predicted octanol–water partition coefficient (Wildman–Crippen LogP) is 3.76. The Bertz CT molecular complexity index is 1220. The number of hydrogen-bond donors (Lipinski definition) is 2. The van der Waals surface area contributed by atoms with Crippen LogP contribution in [-0.4, -0.2) is 38.6 Å². The molecule has 0 aliphatic rings. The Labute approximate surface area is 206 Å². The Morgan fingerprint density at radius 2 is 1.60 bits per heavy atom. The number of anilines is 1. The van der Waals surface area contributed by atoms with Crippen LogP contribution in [0.15, 0.2) is 66.7 Å². The second-order valence-corrected chi connectivity index (χ2v) is 7.56. The first-order valence-corrected chi connectivity index (χ1v) is 10.7. The normalized spacial score (nSPS) is 11.2. The summed E-state index contributed by atoms with van der Waals surface area (Å²) in [5, 5.41) is 3.01. The van der Waals surface area contributed by atoms with Crippen molar-refractivity contribution in [2.24, 2.45) is 5.73 Å². The minimum Gasteiger partial charge on any atom is -0.495 e. The summed E-state index contributed by atoms with van der Waals surface area (Å²) < 4.78 is 21.2.